The highest BCUT2D eigenvalue weighted by atomic mass is 35.5. The lowest BCUT2D eigenvalue weighted by atomic mass is 9.89. The Morgan fingerprint density at radius 1 is 1.32 bits per heavy atom. The quantitative estimate of drug-likeness (QED) is 0.805. The summed E-state index contributed by atoms with van der Waals surface area (Å²) in [5, 5.41) is 15.5. The first-order valence-corrected chi connectivity index (χ1v) is 9.17. The number of fused-ring (bicyclic) bond motifs is 3. The number of rotatable bonds is 2. The number of carbonyl (C=O) groups is 1. The molecular formula is C19H22ClN3O2. The number of nitrogens with zero attached hydrogens (tertiary/aromatic N) is 2. The van der Waals surface area contributed by atoms with Crippen molar-refractivity contribution in [1.82, 2.24) is 9.80 Å². The molecule has 0 spiro atoms. The van der Waals surface area contributed by atoms with Crippen LogP contribution < -0.4 is 5.32 Å². The van der Waals surface area contributed by atoms with E-state index in [2.05, 4.69) is 28.4 Å². The zero-order chi connectivity index (χ0) is 17.6. The Kier molecular flexibility index (Phi) is 4.21. The van der Waals surface area contributed by atoms with Crippen molar-refractivity contribution in [2.45, 2.75) is 12.0 Å². The van der Waals surface area contributed by atoms with E-state index >= 15 is 0 Å². The number of nitrogens with one attached hydrogen (secondary N) is 1. The fourth-order valence-corrected chi connectivity index (χ4v) is 4.43. The molecule has 25 heavy (non-hydrogen) atoms. The van der Waals surface area contributed by atoms with Gasteiger partial charge in [-0.2, -0.15) is 0 Å². The predicted molar refractivity (Wildman–Crippen MR) is 101 cm³/mol. The number of hydrogen-bond donors (Lipinski definition) is 2. The predicted octanol–water partition coefficient (Wildman–Crippen LogP) is 3.55. The summed E-state index contributed by atoms with van der Waals surface area (Å²) in [4.78, 5) is 15.6. The van der Waals surface area contributed by atoms with Crippen LogP contribution in [0.5, 0.6) is 0 Å². The smallest absolute Gasteiger partial charge is 0.407 e. The van der Waals surface area contributed by atoms with Crippen molar-refractivity contribution in [3.63, 3.8) is 0 Å². The van der Waals surface area contributed by atoms with Gasteiger partial charge < -0.3 is 15.3 Å². The molecule has 2 aromatic carbocycles. The molecule has 1 amide bonds. The Hall–Kier alpha value is -1.98. The molecule has 2 aromatic rings. The average molecular weight is 360 g/mol. The molecule has 1 saturated heterocycles. The van der Waals surface area contributed by atoms with E-state index in [0.717, 1.165) is 29.7 Å². The summed E-state index contributed by atoms with van der Waals surface area (Å²) in [5.74, 6) is 0.872. The van der Waals surface area contributed by atoms with Gasteiger partial charge in [-0.15, -0.1) is 11.6 Å². The Morgan fingerprint density at radius 3 is 2.80 bits per heavy atom. The van der Waals surface area contributed by atoms with Crippen LogP contribution in [-0.2, 0) is 0 Å². The van der Waals surface area contributed by atoms with Crippen molar-refractivity contribution in [2.24, 2.45) is 0 Å². The molecule has 132 valence electrons. The van der Waals surface area contributed by atoms with Gasteiger partial charge in [-0.25, -0.2) is 4.79 Å². The van der Waals surface area contributed by atoms with Crippen molar-refractivity contribution in [3.05, 3.63) is 41.5 Å². The molecule has 6 heteroatoms. The second-order valence-corrected chi connectivity index (χ2v) is 7.27. The molecule has 0 saturated carbocycles. The summed E-state index contributed by atoms with van der Waals surface area (Å²) in [5.41, 5.74) is 3.43. The number of carboxylic acid groups (broad SMARTS) is 1. The third-order valence-electron chi connectivity index (χ3n) is 5.44. The molecule has 0 bridgehead atoms. The van der Waals surface area contributed by atoms with Crippen LogP contribution in [0.15, 0.2) is 30.3 Å². The van der Waals surface area contributed by atoms with Gasteiger partial charge in [0.2, 0.25) is 0 Å². The van der Waals surface area contributed by atoms with Crippen LogP contribution in [-0.4, -0.2) is 60.1 Å². The summed E-state index contributed by atoms with van der Waals surface area (Å²) < 4.78 is 0. The zero-order valence-corrected chi connectivity index (χ0v) is 15.0. The largest absolute Gasteiger partial charge is 0.465 e. The Morgan fingerprint density at radius 2 is 2.08 bits per heavy atom. The van der Waals surface area contributed by atoms with E-state index in [0.29, 0.717) is 24.9 Å². The van der Waals surface area contributed by atoms with Crippen molar-refractivity contribution < 1.29 is 9.90 Å². The number of alkyl halides is 1. The zero-order valence-electron chi connectivity index (χ0n) is 14.2. The van der Waals surface area contributed by atoms with Crippen LogP contribution in [0, 0.1) is 0 Å². The first-order valence-electron chi connectivity index (χ1n) is 8.63. The second-order valence-electron chi connectivity index (χ2n) is 6.96. The van der Waals surface area contributed by atoms with Crippen LogP contribution in [0.3, 0.4) is 0 Å². The monoisotopic (exact) mass is 359 g/mol. The van der Waals surface area contributed by atoms with Crippen LogP contribution in [0.1, 0.15) is 23.1 Å². The topological polar surface area (TPSA) is 55.8 Å². The number of piperazine rings is 1. The standard InChI is InChI=1S/C19H22ClN3O2/c1-22-6-7-23(19(24)25)17(11-22)15-8-16-18(12(9-20)10-21-16)14-5-3-2-4-13(14)15/h2-5,8,12,17,21H,6-7,9-11H2,1H3,(H,24,25)/t12?,17-/m1/s1. The molecule has 4 rings (SSSR count). The normalized spacial score (nSPS) is 23.5. The molecule has 0 aliphatic carbocycles. The highest BCUT2D eigenvalue weighted by Gasteiger charge is 2.33. The second kappa shape index (κ2) is 6.39. The van der Waals surface area contributed by atoms with E-state index in [1.54, 1.807) is 4.90 Å². The minimum Gasteiger partial charge on any atom is -0.465 e. The minimum atomic E-state index is -0.853. The molecular weight excluding hydrogens is 338 g/mol. The summed E-state index contributed by atoms with van der Waals surface area (Å²) >= 11 is 6.18. The van der Waals surface area contributed by atoms with Crippen LogP contribution in [0.2, 0.25) is 0 Å². The van der Waals surface area contributed by atoms with Gasteiger partial charge in [0.1, 0.15) is 0 Å². The number of amides is 1. The first kappa shape index (κ1) is 16.5. The molecule has 2 N–H and O–H groups in total. The lowest BCUT2D eigenvalue weighted by molar-refractivity contribution is 0.0780. The number of halogens is 1. The van der Waals surface area contributed by atoms with Crippen molar-refractivity contribution in [3.8, 4) is 0 Å². The van der Waals surface area contributed by atoms with Crippen molar-refractivity contribution >= 4 is 34.2 Å². The van der Waals surface area contributed by atoms with E-state index in [1.165, 1.54) is 10.9 Å². The van der Waals surface area contributed by atoms with E-state index in [-0.39, 0.29) is 6.04 Å². The number of benzene rings is 2. The lowest BCUT2D eigenvalue weighted by Crippen LogP contribution is -2.48. The van der Waals surface area contributed by atoms with E-state index in [9.17, 15) is 9.90 Å². The average Bonchev–Trinajstić information content (AvgIpc) is 3.04. The van der Waals surface area contributed by atoms with Crippen LogP contribution in [0.4, 0.5) is 10.5 Å². The summed E-state index contributed by atoms with van der Waals surface area (Å²) in [6.45, 7) is 2.82. The molecule has 0 radical (unpaired) electrons. The SMILES string of the molecule is CN1CCN(C(=O)O)[C@@H](c2cc3c(c4ccccc24)C(CCl)CN3)C1. The molecule has 2 heterocycles. The summed E-state index contributed by atoms with van der Waals surface area (Å²) in [6, 6.07) is 10.3. The number of likely N-dealkylation sites (N-methyl/N-ethyl adjacent to an activating group) is 1. The Bertz CT molecular complexity index is 826. The van der Waals surface area contributed by atoms with E-state index in [1.807, 2.05) is 19.2 Å². The third-order valence-corrected chi connectivity index (χ3v) is 5.81. The third kappa shape index (κ3) is 2.71. The maximum Gasteiger partial charge on any atom is 0.407 e. The van der Waals surface area contributed by atoms with Gasteiger partial charge in [0.05, 0.1) is 6.04 Å². The molecule has 2 aliphatic rings. The maximum absolute atomic E-state index is 11.8. The molecule has 5 nitrogen and oxygen atoms in total. The van der Waals surface area contributed by atoms with Crippen molar-refractivity contribution in [1.29, 1.82) is 0 Å². The lowest BCUT2D eigenvalue weighted by Gasteiger charge is -2.39. The molecule has 2 aliphatic heterocycles. The number of anilines is 1. The van der Waals surface area contributed by atoms with Gasteiger partial charge in [-0.05, 0) is 35.0 Å². The fraction of sp³-hybridized carbons (Fsp3) is 0.421. The number of hydrogen-bond acceptors (Lipinski definition) is 3. The Balaban J connectivity index is 1.90. The Labute approximate surface area is 152 Å². The van der Waals surface area contributed by atoms with E-state index < -0.39 is 6.09 Å². The molecule has 1 unspecified atom stereocenters. The highest BCUT2D eigenvalue weighted by molar-refractivity contribution is 6.18. The molecule has 2 atom stereocenters. The highest BCUT2D eigenvalue weighted by Crippen LogP contribution is 2.42. The fourth-order valence-electron chi connectivity index (χ4n) is 4.17. The minimum absolute atomic E-state index is 0.164. The van der Waals surface area contributed by atoms with Crippen LogP contribution in [0.25, 0.3) is 10.8 Å². The maximum atomic E-state index is 11.8. The molecule has 0 aromatic heterocycles. The van der Waals surface area contributed by atoms with Crippen LogP contribution >= 0.6 is 11.6 Å². The van der Waals surface area contributed by atoms with Gasteiger partial charge in [0, 0.05) is 43.7 Å². The molecule has 1 fully saturated rings. The van der Waals surface area contributed by atoms with Gasteiger partial charge in [0.15, 0.2) is 0 Å². The van der Waals surface area contributed by atoms with Gasteiger partial charge in [0.25, 0.3) is 0 Å². The van der Waals surface area contributed by atoms with E-state index in [4.69, 9.17) is 11.6 Å². The first-order chi connectivity index (χ1) is 12.1. The summed E-state index contributed by atoms with van der Waals surface area (Å²) in [6.07, 6.45) is -0.853. The van der Waals surface area contributed by atoms with Gasteiger partial charge in [-0.1, -0.05) is 24.3 Å². The van der Waals surface area contributed by atoms with Gasteiger partial charge >= 0.3 is 6.09 Å². The summed E-state index contributed by atoms with van der Waals surface area (Å²) in [7, 11) is 2.05. The van der Waals surface area contributed by atoms with Crippen molar-refractivity contribution in [2.75, 3.05) is 44.4 Å². The van der Waals surface area contributed by atoms with Gasteiger partial charge in [-0.3, -0.25) is 4.90 Å².